The second-order valence-corrected chi connectivity index (χ2v) is 9.02. The minimum atomic E-state index is -3.81. The fourth-order valence-electron chi connectivity index (χ4n) is 3.20. The molecule has 0 saturated heterocycles. The first kappa shape index (κ1) is 22.4. The lowest BCUT2D eigenvalue weighted by atomic mass is 10.2. The highest BCUT2D eigenvalue weighted by atomic mass is 32.2. The number of ether oxygens (including phenoxy) is 1. The highest BCUT2D eigenvalue weighted by molar-refractivity contribution is 7.92. The van der Waals surface area contributed by atoms with E-state index in [1.165, 1.54) is 23.5 Å². The number of aryl methyl sites for hydroxylation is 1. The number of nitrogens with one attached hydrogen (secondary N) is 1. The number of amides is 1. The first-order chi connectivity index (χ1) is 14.8. The maximum atomic E-state index is 13.1. The third kappa shape index (κ3) is 5.24. The summed E-state index contributed by atoms with van der Waals surface area (Å²) >= 11 is 0. The fourth-order valence-corrected chi connectivity index (χ4v) is 4.50. The third-order valence-electron chi connectivity index (χ3n) is 4.87. The van der Waals surface area contributed by atoms with Crippen molar-refractivity contribution in [2.24, 2.45) is 0 Å². The Bertz CT molecular complexity index is 1180. The molecule has 31 heavy (non-hydrogen) atoms. The summed E-state index contributed by atoms with van der Waals surface area (Å²) in [7, 11) is -2.30. The number of sulfonamides is 1. The predicted molar refractivity (Wildman–Crippen MR) is 122 cm³/mol. The summed E-state index contributed by atoms with van der Waals surface area (Å²) in [5, 5.41) is 2.83. The number of nitrogens with zero attached hydrogens (tertiary/aromatic N) is 1. The lowest BCUT2D eigenvalue weighted by Crippen LogP contribution is -2.28. The van der Waals surface area contributed by atoms with Crippen LogP contribution in [0.25, 0.3) is 0 Å². The fraction of sp³-hybridized carbons (Fsp3) is 0.208. The van der Waals surface area contributed by atoms with E-state index < -0.39 is 10.0 Å². The van der Waals surface area contributed by atoms with Crippen molar-refractivity contribution in [1.82, 2.24) is 5.32 Å². The minimum Gasteiger partial charge on any atom is -0.494 e. The molecule has 0 aliphatic rings. The van der Waals surface area contributed by atoms with Crippen LogP contribution in [0.5, 0.6) is 5.75 Å². The summed E-state index contributed by atoms with van der Waals surface area (Å²) in [6, 6.07) is 20.8. The normalized spacial score (nSPS) is 11.1. The van der Waals surface area contributed by atoms with E-state index >= 15 is 0 Å². The first-order valence-electron chi connectivity index (χ1n) is 9.97. The SMILES string of the molecule is CCOc1cccc(CNC(=O)c2cccc(S(=O)(=O)N(C)c3ccccc3C)c2)c1. The largest absolute Gasteiger partial charge is 0.494 e. The Kier molecular flexibility index (Phi) is 6.97. The number of carbonyl (C=O) groups is 1. The lowest BCUT2D eigenvalue weighted by Gasteiger charge is -2.21. The van der Waals surface area contributed by atoms with Gasteiger partial charge in [0.1, 0.15) is 5.75 Å². The molecule has 0 aliphatic carbocycles. The van der Waals surface area contributed by atoms with Crippen LogP contribution in [0.2, 0.25) is 0 Å². The number of para-hydroxylation sites is 1. The zero-order chi connectivity index (χ0) is 22.4. The van der Waals surface area contributed by atoms with E-state index in [1.807, 2.05) is 50.2 Å². The van der Waals surface area contributed by atoms with Crippen molar-refractivity contribution in [1.29, 1.82) is 0 Å². The van der Waals surface area contributed by atoms with E-state index in [0.717, 1.165) is 16.9 Å². The minimum absolute atomic E-state index is 0.0595. The van der Waals surface area contributed by atoms with E-state index in [-0.39, 0.29) is 16.4 Å². The van der Waals surface area contributed by atoms with Gasteiger partial charge in [0, 0.05) is 19.2 Å². The summed E-state index contributed by atoms with van der Waals surface area (Å²) in [6.45, 7) is 4.63. The Morgan fingerprint density at radius 2 is 1.74 bits per heavy atom. The molecule has 3 aromatic carbocycles. The van der Waals surface area contributed by atoms with Crippen molar-refractivity contribution in [3.8, 4) is 5.75 Å². The number of anilines is 1. The summed E-state index contributed by atoms with van der Waals surface area (Å²) in [4.78, 5) is 12.7. The molecule has 0 atom stereocenters. The van der Waals surface area contributed by atoms with Gasteiger partial charge in [-0.05, 0) is 61.4 Å². The van der Waals surface area contributed by atoms with E-state index in [2.05, 4.69) is 5.32 Å². The van der Waals surface area contributed by atoms with Gasteiger partial charge >= 0.3 is 0 Å². The Hall–Kier alpha value is -3.32. The van der Waals surface area contributed by atoms with E-state index in [9.17, 15) is 13.2 Å². The van der Waals surface area contributed by atoms with Gasteiger partial charge in [-0.3, -0.25) is 9.10 Å². The van der Waals surface area contributed by atoms with Crippen molar-refractivity contribution in [3.63, 3.8) is 0 Å². The summed E-state index contributed by atoms with van der Waals surface area (Å²) in [6.07, 6.45) is 0. The molecule has 3 aromatic rings. The zero-order valence-corrected chi connectivity index (χ0v) is 18.6. The molecule has 0 heterocycles. The van der Waals surface area contributed by atoms with Crippen molar-refractivity contribution in [2.45, 2.75) is 25.3 Å². The number of hydrogen-bond acceptors (Lipinski definition) is 4. The standard InChI is InChI=1S/C24H26N2O4S/c1-4-30-21-12-7-10-19(15-21)17-25-24(27)20-11-8-13-22(16-20)31(28,29)26(3)23-14-6-5-9-18(23)2/h5-16H,4,17H2,1-3H3,(H,25,27). The molecule has 0 aromatic heterocycles. The van der Waals surface area contributed by atoms with Crippen LogP contribution >= 0.6 is 0 Å². The Labute approximate surface area is 183 Å². The highest BCUT2D eigenvalue weighted by Crippen LogP contribution is 2.25. The van der Waals surface area contributed by atoms with Gasteiger partial charge < -0.3 is 10.1 Å². The van der Waals surface area contributed by atoms with Gasteiger partial charge in [0.2, 0.25) is 0 Å². The monoisotopic (exact) mass is 438 g/mol. The molecule has 1 N–H and O–H groups in total. The molecule has 0 saturated carbocycles. The maximum Gasteiger partial charge on any atom is 0.264 e. The molecular formula is C24H26N2O4S. The van der Waals surface area contributed by atoms with Crippen molar-refractivity contribution >= 4 is 21.6 Å². The quantitative estimate of drug-likeness (QED) is 0.573. The topological polar surface area (TPSA) is 75.7 Å². The van der Waals surface area contributed by atoms with E-state index in [4.69, 9.17) is 4.74 Å². The number of hydrogen-bond donors (Lipinski definition) is 1. The van der Waals surface area contributed by atoms with Crippen LogP contribution in [-0.4, -0.2) is 28.0 Å². The van der Waals surface area contributed by atoms with Gasteiger partial charge in [-0.1, -0.05) is 36.4 Å². The molecule has 7 heteroatoms. The second kappa shape index (κ2) is 9.66. The molecule has 162 valence electrons. The van der Waals surface area contributed by atoms with Crippen molar-refractivity contribution in [3.05, 3.63) is 89.5 Å². The van der Waals surface area contributed by atoms with Crippen LogP contribution in [0, 0.1) is 6.92 Å². The van der Waals surface area contributed by atoms with Gasteiger partial charge in [-0.15, -0.1) is 0 Å². The van der Waals surface area contributed by atoms with Crippen molar-refractivity contribution in [2.75, 3.05) is 18.0 Å². The average molecular weight is 439 g/mol. The van der Waals surface area contributed by atoms with Crippen LogP contribution in [-0.2, 0) is 16.6 Å². The van der Waals surface area contributed by atoms with Gasteiger partial charge in [-0.2, -0.15) is 0 Å². The average Bonchev–Trinajstić information content (AvgIpc) is 2.78. The van der Waals surface area contributed by atoms with Crippen molar-refractivity contribution < 1.29 is 17.9 Å². The molecule has 0 fully saturated rings. The highest BCUT2D eigenvalue weighted by Gasteiger charge is 2.23. The lowest BCUT2D eigenvalue weighted by molar-refractivity contribution is 0.0950. The Morgan fingerprint density at radius 3 is 2.48 bits per heavy atom. The van der Waals surface area contributed by atoms with E-state index in [1.54, 1.807) is 24.3 Å². The second-order valence-electron chi connectivity index (χ2n) is 7.05. The van der Waals surface area contributed by atoms with Gasteiger partial charge in [0.15, 0.2) is 0 Å². The smallest absolute Gasteiger partial charge is 0.264 e. The summed E-state index contributed by atoms with van der Waals surface area (Å²) in [5.74, 6) is 0.388. The molecular weight excluding hydrogens is 412 g/mol. The molecule has 3 rings (SSSR count). The van der Waals surface area contributed by atoms with Crippen LogP contribution in [0.1, 0.15) is 28.4 Å². The van der Waals surface area contributed by atoms with Gasteiger partial charge in [-0.25, -0.2) is 8.42 Å². The summed E-state index contributed by atoms with van der Waals surface area (Å²) < 4.78 is 32.9. The van der Waals surface area contributed by atoms with Crippen LogP contribution in [0.15, 0.2) is 77.7 Å². The molecule has 0 spiro atoms. The first-order valence-corrected chi connectivity index (χ1v) is 11.4. The number of carbonyl (C=O) groups excluding carboxylic acids is 1. The predicted octanol–water partition coefficient (Wildman–Crippen LogP) is 4.15. The molecule has 1 amide bonds. The van der Waals surface area contributed by atoms with E-state index in [0.29, 0.717) is 18.8 Å². The molecule has 6 nitrogen and oxygen atoms in total. The maximum absolute atomic E-state index is 13.1. The molecule has 0 bridgehead atoms. The van der Waals surface area contributed by atoms with Crippen LogP contribution < -0.4 is 14.4 Å². The molecule has 0 aliphatic heterocycles. The molecule has 0 unspecified atom stereocenters. The molecule has 0 radical (unpaired) electrons. The third-order valence-corrected chi connectivity index (χ3v) is 6.64. The van der Waals surface area contributed by atoms with Gasteiger partial charge in [0.05, 0.1) is 17.2 Å². The van der Waals surface area contributed by atoms with Crippen LogP contribution in [0.4, 0.5) is 5.69 Å². The number of benzene rings is 3. The van der Waals surface area contributed by atoms with Gasteiger partial charge in [0.25, 0.3) is 15.9 Å². The van der Waals surface area contributed by atoms with Crippen LogP contribution in [0.3, 0.4) is 0 Å². The summed E-state index contributed by atoms with van der Waals surface area (Å²) in [5.41, 5.74) is 2.60. The Balaban J connectivity index is 1.77. The zero-order valence-electron chi connectivity index (χ0n) is 17.8. The number of rotatable bonds is 8. The Morgan fingerprint density at radius 1 is 1.00 bits per heavy atom.